The van der Waals surface area contributed by atoms with Crippen LogP contribution < -0.4 is 4.90 Å². The zero-order chi connectivity index (χ0) is 25.3. The number of hydrogen-bond donors (Lipinski definition) is 1. The Kier molecular flexibility index (Phi) is 7.23. The highest BCUT2D eigenvalue weighted by atomic mass is 79.9. The van der Waals surface area contributed by atoms with E-state index in [1.807, 2.05) is 38.3 Å². The second-order valence-corrected chi connectivity index (χ2v) is 10.5. The van der Waals surface area contributed by atoms with E-state index >= 15 is 0 Å². The minimum atomic E-state index is -0.794. The summed E-state index contributed by atoms with van der Waals surface area (Å²) in [6, 6.07) is 14.5. The van der Waals surface area contributed by atoms with Crippen molar-refractivity contribution in [2.24, 2.45) is 5.92 Å². The van der Waals surface area contributed by atoms with Crippen LogP contribution in [0.3, 0.4) is 0 Å². The number of esters is 1. The average Bonchev–Trinajstić information content (AvgIpc) is 3.46. The number of amides is 1. The number of Topliss-reactive ketones (excluding diaryl/α,β-unsaturated/α-hetero) is 1. The highest BCUT2D eigenvalue weighted by molar-refractivity contribution is 9.10. The molecule has 180 valence electrons. The fourth-order valence-corrected chi connectivity index (χ4v) is 4.92. The number of benzene rings is 2. The molecule has 1 N–H and O–H groups in total. The van der Waals surface area contributed by atoms with Crippen molar-refractivity contribution in [2.45, 2.75) is 26.8 Å². The summed E-state index contributed by atoms with van der Waals surface area (Å²) in [6.45, 7) is 6.09. The third-order valence-corrected chi connectivity index (χ3v) is 7.43. The molecule has 4 rings (SSSR count). The number of aliphatic hydroxyl groups is 1. The van der Waals surface area contributed by atoms with E-state index < -0.39 is 23.7 Å². The zero-order valence-electron chi connectivity index (χ0n) is 19.4. The lowest BCUT2D eigenvalue weighted by Crippen LogP contribution is -2.29. The topological polar surface area (TPSA) is 83.9 Å². The van der Waals surface area contributed by atoms with Gasteiger partial charge in [-0.25, -0.2) is 4.79 Å². The number of halogens is 1. The lowest BCUT2D eigenvalue weighted by molar-refractivity contribution is -0.132. The molecule has 8 heteroatoms. The summed E-state index contributed by atoms with van der Waals surface area (Å²) < 4.78 is 6.14. The van der Waals surface area contributed by atoms with E-state index in [9.17, 15) is 19.5 Å². The summed E-state index contributed by atoms with van der Waals surface area (Å²) >= 11 is 4.83. The third-order valence-electron chi connectivity index (χ3n) is 5.62. The molecule has 1 amide bonds. The Hall–Kier alpha value is -3.23. The summed E-state index contributed by atoms with van der Waals surface area (Å²) in [5.74, 6) is -1.97. The highest BCUT2D eigenvalue weighted by Crippen LogP contribution is 2.43. The molecule has 2 aromatic carbocycles. The smallest absolute Gasteiger partial charge is 0.338 e. The van der Waals surface area contributed by atoms with Gasteiger partial charge in [0.15, 0.2) is 0 Å². The van der Waals surface area contributed by atoms with E-state index in [0.29, 0.717) is 23.4 Å². The molecule has 0 bridgehead atoms. The molecule has 0 spiro atoms. The zero-order valence-corrected chi connectivity index (χ0v) is 21.9. The van der Waals surface area contributed by atoms with Crippen molar-refractivity contribution >= 4 is 56.4 Å². The van der Waals surface area contributed by atoms with Crippen molar-refractivity contribution in [3.63, 3.8) is 0 Å². The van der Waals surface area contributed by atoms with Crippen LogP contribution in [-0.4, -0.2) is 29.4 Å². The number of carbonyl (C=O) groups is 3. The van der Waals surface area contributed by atoms with E-state index in [1.165, 1.54) is 16.2 Å². The van der Waals surface area contributed by atoms with Gasteiger partial charge in [-0.1, -0.05) is 41.9 Å². The van der Waals surface area contributed by atoms with Crippen LogP contribution >= 0.6 is 27.3 Å². The van der Waals surface area contributed by atoms with Gasteiger partial charge < -0.3 is 9.84 Å². The number of hydrogen-bond acceptors (Lipinski definition) is 6. The monoisotopic (exact) mass is 553 g/mol. The first-order chi connectivity index (χ1) is 16.7. The predicted molar refractivity (Wildman–Crippen MR) is 140 cm³/mol. The molecule has 1 aliphatic heterocycles. The first-order valence-electron chi connectivity index (χ1n) is 11.1. The molecular weight excluding hydrogens is 530 g/mol. The van der Waals surface area contributed by atoms with Crippen LogP contribution in [0.15, 0.2) is 70.0 Å². The molecule has 1 fully saturated rings. The van der Waals surface area contributed by atoms with Crippen molar-refractivity contribution in [3.05, 3.63) is 91.6 Å². The molecule has 0 radical (unpaired) electrons. The fraction of sp³-hybridized carbons (Fsp3) is 0.222. The molecule has 1 aromatic heterocycles. The Labute approximate surface area is 216 Å². The normalized spacial score (nSPS) is 17.3. The van der Waals surface area contributed by atoms with Crippen molar-refractivity contribution in [1.82, 2.24) is 0 Å². The molecule has 0 aliphatic carbocycles. The lowest BCUT2D eigenvalue weighted by Gasteiger charge is -2.24. The lowest BCUT2D eigenvalue weighted by atomic mass is 9.99. The molecule has 3 aromatic rings. The van der Waals surface area contributed by atoms with Gasteiger partial charge in [-0.2, -0.15) is 0 Å². The first kappa shape index (κ1) is 24.9. The number of anilines is 1. The van der Waals surface area contributed by atoms with Crippen LogP contribution in [0.4, 0.5) is 5.69 Å². The van der Waals surface area contributed by atoms with Crippen LogP contribution in [0, 0.1) is 12.8 Å². The number of nitrogens with zero attached hydrogens (tertiary/aromatic N) is 1. The standard InChI is InChI=1S/C27H24BrNO5S/c1-15(2)14-34-27(33)17-6-9-19(10-7-17)29-23(21-5-4-12-35-21)22(25(31)26(29)32)24(30)18-8-11-20(28)16(3)13-18/h4-13,15,23,30H,14H2,1-3H3/b24-22-. The van der Waals surface area contributed by atoms with Gasteiger partial charge in [-0.05, 0) is 66.2 Å². The number of ketones is 1. The van der Waals surface area contributed by atoms with Crippen molar-refractivity contribution < 1.29 is 24.2 Å². The summed E-state index contributed by atoms with van der Waals surface area (Å²) in [4.78, 5) is 40.8. The largest absolute Gasteiger partial charge is 0.507 e. The average molecular weight is 554 g/mol. The Morgan fingerprint density at radius 1 is 1.11 bits per heavy atom. The molecule has 1 unspecified atom stereocenters. The Morgan fingerprint density at radius 2 is 1.80 bits per heavy atom. The summed E-state index contributed by atoms with van der Waals surface area (Å²) in [6.07, 6.45) is 0. The van der Waals surface area contributed by atoms with Crippen LogP contribution in [0.5, 0.6) is 0 Å². The molecule has 1 saturated heterocycles. The third kappa shape index (κ3) is 4.94. The molecule has 1 aliphatic rings. The van der Waals surface area contributed by atoms with Gasteiger partial charge in [-0.15, -0.1) is 11.3 Å². The Bertz CT molecular complexity index is 1310. The number of thiophene rings is 1. The van der Waals surface area contributed by atoms with Crippen LogP contribution in [0.1, 0.15) is 46.3 Å². The van der Waals surface area contributed by atoms with E-state index in [0.717, 1.165) is 14.9 Å². The van der Waals surface area contributed by atoms with Gasteiger partial charge in [0.2, 0.25) is 0 Å². The van der Waals surface area contributed by atoms with E-state index in [4.69, 9.17) is 4.74 Å². The quantitative estimate of drug-likeness (QED) is 0.168. The van der Waals surface area contributed by atoms with Crippen LogP contribution in [0.2, 0.25) is 0 Å². The number of aryl methyl sites for hydroxylation is 1. The van der Waals surface area contributed by atoms with Gasteiger partial charge in [0.1, 0.15) is 11.8 Å². The van der Waals surface area contributed by atoms with Crippen LogP contribution in [-0.2, 0) is 14.3 Å². The Balaban J connectivity index is 1.76. The van der Waals surface area contributed by atoms with Gasteiger partial charge in [0, 0.05) is 20.6 Å². The molecular formula is C27H24BrNO5S. The minimum Gasteiger partial charge on any atom is -0.507 e. The van der Waals surface area contributed by atoms with Crippen molar-refractivity contribution in [3.8, 4) is 0 Å². The summed E-state index contributed by atoms with van der Waals surface area (Å²) in [5.41, 5.74) is 2.16. The number of ether oxygens (including phenoxy) is 1. The number of aliphatic hydroxyl groups excluding tert-OH is 1. The minimum absolute atomic E-state index is 0.0274. The van der Waals surface area contributed by atoms with Gasteiger partial charge >= 0.3 is 5.97 Å². The first-order valence-corrected chi connectivity index (χ1v) is 12.7. The van der Waals surface area contributed by atoms with Crippen molar-refractivity contribution in [2.75, 3.05) is 11.5 Å². The second kappa shape index (κ2) is 10.2. The molecule has 0 saturated carbocycles. The predicted octanol–water partition coefficient (Wildman–Crippen LogP) is 6.26. The fourth-order valence-electron chi connectivity index (χ4n) is 3.85. The summed E-state index contributed by atoms with van der Waals surface area (Å²) in [7, 11) is 0. The van der Waals surface area contributed by atoms with E-state index in [2.05, 4.69) is 15.9 Å². The van der Waals surface area contributed by atoms with E-state index in [-0.39, 0.29) is 17.3 Å². The van der Waals surface area contributed by atoms with E-state index in [1.54, 1.807) is 42.5 Å². The maximum atomic E-state index is 13.2. The van der Waals surface area contributed by atoms with Crippen LogP contribution in [0.25, 0.3) is 5.76 Å². The molecule has 1 atom stereocenters. The van der Waals surface area contributed by atoms with Crippen molar-refractivity contribution in [1.29, 1.82) is 0 Å². The maximum Gasteiger partial charge on any atom is 0.338 e. The SMILES string of the molecule is Cc1cc(/C(O)=C2/C(=O)C(=O)N(c3ccc(C(=O)OCC(C)C)cc3)C2c2cccs2)ccc1Br. The van der Waals surface area contributed by atoms with Gasteiger partial charge in [0.25, 0.3) is 11.7 Å². The maximum absolute atomic E-state index is 13.2. The van der Waals surface area contributed by atoms with Gasteiger partial charge in [-0.3, -0.25) is 14.5 Å². The number of rotatable bonds is 6. The second-order valence-electron chi connectivity index (χ2n) is 8.69. The summed E-state index contributed by atoms with van der Waals surface area (Å²) in [5, 5.41) is 13.0. The van der Waals surface area contributed by atoms with Gasteiger partial charge in [0.05, 0.1) is 17.7 Å². The molecule has 35 heavy (non-hydrogen) atoms. The molecule has 6 nitrogen and oxygen atoms in total. The highest BCUT2D eigenvalue weighted by Gasteiger charge is 2.47. The molecule has 2 heterocycles. The Morgan fingerprint density at radius 3 is 2.40 bits per heavy atom. The number of carbonyl (C=O) groups excluding carboxylic acids is 3.